The molecule has 0 aliphatic heterocycles. The lowest BCUT2D eigenvalue weighted by Gasteiger charge is -2.04. The summed E-state index contributed by atoms with van der Waals surface area (Å²) in [7, 11) is 0. The van der Waals surface area contributed by atoms with Crippen LogP contribution in [0.15, 0.2) is 35.3 Å². The molecular weight excluding hydrogens is 192 g/mol. The largest absolute Gasteiger partial charge is 0.478 e. The predicted octanol–water partition coefficient (Wildman–Crippen LogP) is 1.43. The van der Waals surface area contributed by atoms with Gasteiger partial charge < -0.3 is 9.72 Å². The van der Waals surface area contributed by atoms with E-state index < -0.39 is 0 Å². The number of H-pyrrole nitrogens is 1. The SMILES string of the molecule is N#CCOc1cccc2c(=O)[nH]ccc12. The maximum atomic E-state index is 11.4. The van der Waals surface area contributed by atoms with E-state index in [2.05, 4.69) is 4.98 Å². The van der Waals surface area contributed by atoms with Crippen molar-refractivity contribution in [2.75, 3.05) is 6.61 Å². The van der Waals surface area contributed by atoms with Gasteiger partial charge in [0.2, 0.25) is 0 Å². The van der Waals surface area contributed by atoms with Gasteiger partial charge in [0, 0.05) is 11.6 Å². The number of pyridine rings is 1. The molecule has 4 nitrogen and oxygen atoms in total. The summed E-state index contributed by atoms with van der Waals surface area (Å²) in [5.74, 6) is 0.556. The fourth-order valence-electron chi connectivity index (χ4n) is 1.43. The van der Waals surface area contributed by atoms with Gasteiger partial charge in [0.15, 0.2) is 6.61 Å². The highest BCUT2D eigenvalue weighted by Crippen LogP contribution is 2.22. The second kappa shape index (κ2) is 3.84. The Labute approximate surface area is 85.7 Å². The Bertz CT molecular complexity index is 581. The Morgan fingerprint density at radius 2 is 2.20 bits per heavy atom. The zero-order valence-electron chi connectivity index (χ0n) is 7.86. The highest BCUT2D eigenvalue weighted by Gasteiger charge is 2.03. The first-order valence-corrected chi connectivity index (χ1v) is 4.43. The normalized spacial score (nSPS) is 9.80. The highest BCUT2D eigenvalue weighted by atomic mass is 16.5. The van der Waals surface area contributed by atoms with Crippen molar-refractivity contribution in [3.05, 3.63) is 40.8 Å². The van der Waals surface area contributed by atoms with E-state index in [-0.39, 0.29) is 12.2 Å². The summed E-state index contributed by atoms with van der Waals surface area (Å²) >= 11 is 0. The van der Waals surface area contributed by atoms with Crippen LogP contribution in [-0.4, -0.2) is 11.6 Å². The average molecular weight is 200 g/mol. The van der Waals surface area contributed by atoms with Crippen molar-refractivity contribution in [3.63, 3.8) is 0 Å². The number of hydrogen-bond donors (Lipinski definition) is 1. The van der Waals surface area contributed by atoms with Crippen LogP contribution in [0.25, 0.3) is 10.8 Å². The van der Waals surface area contributed by atoms with Crippen LogP contribution in [0.2, 0.25) is 0 Å². The molecule has 1 aromatic heterocycles. The smallest absolute Gasteiger partial charge is 0.255 e. The van der Waals surface area contributed by atoms with E-state index in [4.69, 9.17) is 10.00 Å². The van der Waals surface area contributed by atoms with Crippen LogP contribution >= 0.6 is 0 Å². The first-order valence-electron chi connectivity index (χ1n) is 4.43. The molecule has 15 heavy (non-hydrogen) atoms. The van der Waals surface area contributed by atoms with Crippen LogP contribution in [-0.2, 0) is 0 Å². The van der Waals surface area contributed by atoms with Crippen molar-refractivity contribution in [2.45, 2.75) is 0 Å². The Balaban J connectivity index is 2.62. The van der Waals surface area contributed by atoms with Crippen molar-refractivity contribution < 1.29 is 4.74 Å². The Morgan fingerprint density at radius 3 is 3.00 bits per heavy atom. The fourth-order valence-corrected chi connectivity index (χ4v) is 1.43. The van der Waals surface area contributed by atoms with Crippen molar-refractivity contribution in [3.8, 4) is 11.8 Å². The standard InChI is InChI=1S/C11H8N2O2/c12-5-7-15-10-3-1-2-9-8(10)4-6-13-11(9)14/h1-4,6H,7H2,(H,13,14). The zero-order valence-corrected chi connectivity index (χ0v) is 7.86. The molecule has 2 aromatic rings. The highest BCUT2D eigenvalue weighted by molar-refractivity contribution is 5.87. The Kier molecular flexibility index (Phi) is 2.38. The van der Waals surface area contributed by atoms with Crippen LogP contribution in [0, 0.1) is 11.3 Å². The molecule has 0 saturated carbocycles. The lowest BCUT2D eigenvalue weighted by Crippen LogP contribution is -2.05. The van der Waals surface area contributed by atoms with E-state index >= 15 is 0 Å². The maximum absolute atomic E-state index is 11.4. The predicted molar refractivity (Wildman–Crippen MR) is 55.7 cm³/mol. The van der Waals surface area contributed by atoms with Gasteiger partial charge in [-0.25, -0.2) is 0 Å². The number of aromatic amines is 1. The lowest BCUT2D eigenvalue weighted by atomic mass is 10.1. The van der Waals surface area contributed by atoms with Crippen LogP contribution < -0.4 is 10.3 Å². The summed E-state index contributed by atoms with van der Waals surface area (Å²) in [4.78, 5) is 14.0. The Hall–Kier alpha value is -2.28. The van der Waals surface area contributed by atoms with Crippen molar-refractivity contribution in [1.29, 1.82) is 5.26 Å². The number of fused-ring (bicyclic) bond motifs is 1. The minimum absolute atomic E-state index is 0.0219. The molecule has 0 aliphatic rings. The van der Waals surface area contributed by atoms with Crippen LogP contribution in [0.3, 0.4) is 0 Å². The summed E-state index contributed by atoms with van der Waals surface area (Å²) in [5, 5.41) is 9.69. The molecule has 4 heteroatoms. The van der Waals surface area contributed by atoms with Crippen LogP contribution in [0.4, 0.5) is 0 Å². The molecule has 0 saturated heterocycles. The van der Waals surface area contributed by atoms with Gasteiger partial charge >= 0.3 is 0 Å². The van der Waals surface area contributed by atoms with Gasteiger partial charge in [0.05, 0.1) is 5.39 Å². The second-order valence-electron chi connectivity index (χ2n) is 2.97. The first-order chi connectivity index (χ1) is 7.33. The number of hydrogen-bond acceptors (Lipinski definition) is 3. The number of nitriles is 1. The van der Waals surface area contributed by atoms with E-state index in [1.807, 2.05) is 6.07 Å². The fraction of sp³-hybridized carbons (Fsp3) is 0.0909. The molecular formula is C11H8N2O2. The van der Waals surface area contributed by atoms with Crippen LogP contribution in [0.1, 0.15) is 0 Å². The number of aromatic nitrogens is 1. The molecule has 74 valence electrons. The maximum Gasteiger partial charge on any atom is 0.255 e. The van der Waals surface area contributed by atoms with E-state index in [0.717, 1.165) is 5.39 Å². The lowest BCUT2D eigenvalue weighted by molar-refractivity contribution is 0.372. The first kappa shape index (κ1) is 9.28. The van der Waals surface area contributed by atoms with Crippen LogP contribution in [0.5, 0.6) is 5.75 Å². The number of rotatable bonds is 2. The van der Waals surface area contributed by atoms with E-state index in [9.17, 15) is 4.79 Å². The summed E-state index contributed by atoms with van der Waals surface area (Å²) in [6.45, 7) is -0.0219. The van der Waals surface area contributed by atoms with Gasteiger partial charge in [-0.1, -0.05) is 6.07 Å². The van der Waals surface area contributed by atoms with Gasteiger partial charge in [0.1, 0.15) is 11.8 Å². The third-order valence-electron chi connectivity index (χ3n) is 2.07. The molecule has 0 unspecified atom stereocenters. The topological polar surface area (TPSA) is 65.9 Å². The summed E-state index contributed by atoms with van der Waals surface area (Å²) in [6, 6.07) is 8.82. The van der Waals surface area contributed by atoms with E-state index in [0.29, 0.717) is 11.1 Å². The average Bonchev–Trinajstić information content (AvgIpc) is 2.27. The molecule has 1 heterocycles. The molecule has 0 bridgehead atoms. The van der Waals surface area contributed by atoms with Crippen molar-refractivity contribution in [1.82, 2.24) is 4.98 Å². The molecule has 0 atom stereocenters. The molecule has 0 fully saturated rings. The number of benzene rings is 1. The molecule has 1 N–H and O–H groups in total. The van der Waals surface area contributed by atoms with Gasteiger partial charge in [-0.3, -0.25) is 4.79 Å². The number of nitrogens with one attached hydrogen (secondary N) is 1. The quantitative estimate of drug-likeness (QED) is 0.797. The summed E-state index contributed by atoms with van der Waals surface area (Å²) in [5.41, 5.74) is -0.157. The van der Waals surface area contributed by atoms with Gasteiger partial charge in [-0.2, -0.15) is 5.26 Å². The Morgan fingerprint density at radius 1 is 1.33 bits per heavy atom. The molecule has 0 aliphatic carbocycles. The van der Waals surface area contributed by atoms with E-state index in [1.54, 1.807) is 30.5 Å². The van der Waals surface area contributed by atoms with Gasteiger partial charge in [-0.05, 0) is 18.2 Å². The molecule has 0 radical (unpaired) electrons. The van der Waals surface area contributed by atoms with Gasteiger partial charge in [0.25, 0.3) is 5.56 Å². The monoisotopic (exact) mass is 200 g/mol. The number of ether oxygens (including phenoxy) is 1. The van der Waals surface area contributed by atoms with E-state index in [1.165, 1.54) is 0 Å². The zero-order chi connectivity index (χ0) is 10.7. The minimum Gasteiger partial charge on any atom is -0.478 e. The minimum atomic E-state index is -0.157. The summed E-state index contributed by atoms with van der Waals surface area (Å²) < 4.78 is 5.21. The second-order valence-corrected chi connectivity index (χ2v) is 2.97. The molecule has 1 aromatic carbocycles. The number of nitrogens with zero attached hydrogens (tertiary/aromatic N) is 1. The van der Waals surface area contributed by atoms with Gasteiger partial charge in [-0.15, -0.1) is 0 Å². The summed E-state index contributed by atoms with van der Waals surface area (Å²) in [6.07, 6.45) is 1.56. The van der Waals surface area contributed by atoms with Crippen molar-refractivity contribution in [2.24, 2.45) is 0 Å². The molecule has 2 rings (SSSR count). The molecule has 0 amide bonds. The molecule has 0 spiro atoms. The third-order valence-corrected chi connectivity index (χ3v) is 2.07. The van der Waals surface area contributed by atoms with Crippen molar-refractivity contribution >= 4 is 10.8 Å². The third kappa shape index (κ3) is 1.67.